The highest BCUT2D eigenvalue weighted by molar-refractivity contribution is 6.32. The number of aromatic amines is 1. The summed E-state index contributed by atoms with van der Waals surface area (Å²) in [4.78, 5) is 47.0. The molecule has 3 N–H and O–H groups in total. The van der Waals surface area contributed by atoms with Crippen molar-refractivity contribution in [2.75, 3.05) is 24.3 Å². The molecule has 2 atom stereocenters. The minimum absolute atomic E-state index is 0.194. The maximum absolute atomic E-state index is 14.5. The molecule has 2 aliphatic rings. The quantitative estimate of drug-likeness (QED) is 0.277. The highest BCUT2D eigenvalue weighted by atomic mass is 35.5. The van der Waals surface area contributed by atoms with Crippen molar-refractivity contribution >= 4 is 52.7 Å². The van der Waals surface area contributed by atoms with Gasteiger partial charge in [-0.25, -0.2) is 19.0 Å². The van der Waals surface area contributed by atoms with E-state index >= 15 is 0 Å². The van der Waals surface area contributed by atoms with E-state index < -0.39 is 30.1 Å². The van der Waals surface area contributed by atoms with Crippen LogP contribution in [0, 0.1) is 5.82 Å². The number of carbonyl (C=O) groups excluding carboxylic acids is 3. The number of methoxy groups -OCH3 is 1. The van der Waals surface area contributed by atoms with Crippen molar-refractivity contribution in [1.82, 2.24) is 14.9 Å². The number of carbonyl (C=O) groups is 3. The molecule has 1 aromatic heterocycles. The molecule has 0 radical (unpaired) electrons. The fraction of sp³-hybridized carbons (Fsp3) is 0.286. The fourth-order valence-corrected chi connectivity index (χ4v) is 5.24. The van der Waals surface area contributed by atoms with E-state index in [9.17, 15) is 18.8 Å². The number of halogens is 3. The smallest absolute Gasteiger partial charge is 0.411 e. The second-order valence-electron chi connectivity index (χ2n) is 9.49. The van der Waals surface area contributed by atoms with Crippen molar-refractivity contribution in [3.8, 4) is 11.3 Å². The molecule has 2 aromatic carbocycles. The number of nitrogens with one attached hydrogen (secondary N) is 3. The Balaban J connectivity index is 1.47. The van der Waals surface area contributed by atoms with Gasteiger partial charge in [-0.1, -0.05) is 35.4 Å². The molecule has 10 nitrogen and oxygen atoms in total. The number of hydrogen-bond donors (Lipinski definition) is 3. The summed E-state index contributed by atoms with van der Waals surface area (Å²) in [5.41, 5.74) is 1.85. The Morgan fingerprint density at radius 1 is 1.20 bits per heavy atom. The van der Waals surface area contributed by atoms with Crippen molar-refractivity contribution in [3.05, 3.63) is 75.9 Å². The number of fused-ring (bicyclic) bond motifs is 4. The lowest BCUT2D eigenvalue weighted by Crippen LogP contribution is -2.42. The van der Waals surface area contributed by atoms with Crippen molar-refractivity contribution in [1.29, 1.82) is 0 Å². The first-order valence-corrected chi connectivity index (χ1v) is 13.6. The lowest BCUT2D eigenvalue weighted by atomic mass is 10.0. The van der Waals surface area contributed by atoms with Crippen LogP contribution < -0.4 is 10.6 Å². The second kappa shape index (κ2) is 12.2. The number of nitrogens with zero attached hydrogens (tertiary/aromatic N) is 2. The predicted octanol–water partition coefficient (Wildman–Crippen LogP) is 7.00. The highest BCUT2D eigenvalue weighted by Crippen LogP contribution is 2.39. The number of H-pyrrole nitrogens is 1. The first kappa shape index (κ1) is 28.4. The molecule has 13 heteroatoms. The van der Waals surface area contributed by atoms with E-state index in [0.29, 0.717) is 52.7 Å². The van der Waals surface area contributed by atoms with Crippen molar-refractivity contribution in [2.24, 2.45) is 0 Å². The van der Waals surface area contributed by atoms with Gasteiger partial charge in [-0.2, -0.15) is 0 Å². The Morgan fingerprint density at radius 2 is 2.02 bits per heavy atom. The monoisotopic (exact) mass is 601 g/mol. The van der Waals surface area contributed by atoms with E-state index in [1.54, 1.807) is 18.2 Å². The van der Waals surface area contributed by atoms with Gasteiger partial charge in [-0.3, -0.25) is 15.0 Å². The van der Waals surface area contributed by atoms with Crippen LogP contribution in [0.5, 0.6) is 0 Å². The van der Waals surface area contributed by atoms with Gasteiger partial charge >= 0.3 is 12.2 Å². The molecule has 41 heavy (non-hydrogen) atoms. The molecule has 2 unspecified atom stereocenters. The Morgan fingerprint density at radius 3 is 2.80 bits per heavy atom. The van der Waals surface area contributed by atoms with Crippen LogP contribution in [0.1, 0.15) is 49.2 Å². The summed E-state index contributed by atoms with van der Waals surface area (Å²) >= 11 is 12.7. The van der Waals surface area contributed by atoms with Crippen LogP contribution in [-0.4, -0.2) is 46.6 Å². The van der Waals surface area contributed by atoms with Crippen LogP contribution in [0.3, 0.4) is 0 Å². The summed E-state index contributed by atoms with van der Waals surface area (Å²) in [5.74, 6) is -0.333. The number of aromatic nitrogens is 2. The average molecular weight is 602 g/mol. The zero-order chi connectivity index (χ0) is 29.1. The molecule has 5 rings (SSSR count). The molecule has 3 aromatic rings. The number of benzene rings is 2. The van der Waals surface area contributed by atoms with E-state index in [1.165, 1.54) is 30.2 Å². The molecule has 3 amide bonds. The summed E-state index contributed by atoms with van der Waals surface area (Å²) in [6.45, 7) is 0.265. The highest BCUT2D eigenvalue weighted by Gasteiger charge is 2.36. The zero-order valence-corrected chi connectivity index (χ0v) is 23.4. The second-order valence-corrected chi connectivity index (χ2v) is 10.3. The van der Waals surface area contributed by atoms with Gasteiger partial charge in [-0.05, 0) is 49.2 Å². The summed E-state index contributed by atoms with van der Waals surface area (Å²) in [7, 11) is 1.25. The van der Waals surface area contributed by atoms with Crippen LogP contribution in [0.25, 0.3) is 11.3 Å². The molecule has 3 heterocycles. The number of imidazole rings is 1. The Hall–Kier alpha value is -4.09. The zero-order valence-electron chi connectivity index (χ0n) is 21.9. The van der Waals surface area contributed by atoms with E-state index in [2.05, 4.69) is 20.4 Å². The fourth-order valence-electron chi connectivity index (χ4n) is 4.82. The van der Waals surface area contributed by atoms with Crippen molar-refractivity contribution in [2.45, 2.75) is 37.8 Å². The van der Waals surface area contributed by atoms with Gasteiger partial charge in [0, 0.05) is 41.2 Å². The number of cyclic esters (lactones) is 1. The van der Waals surface area contributed by atoms with Gasteiger partial charge in [0.1, 0.15) is 28.6 Å². The van der Waals surface area contributed by atoms with Crippen molar-refractivity contribution in [3.63, 3.8) is 0 Å². The number of anilines is 2. The molecule has 2 bridgehead atoms. The predicted molar refractivity (Wildman–Crippen MR) is 151 cm³/mol. The van der Waals surface area contributed by atoms with Crippen molar-refractivity contribution < 1.29 is 28.2 Å². The van der Waals surface area contributed by atoms with Crippen LogP contribution in [0.4, 0.5) is 25.4 Å². The third-order valence-electron chi connectivity index (χ3n) is 6.83. The normalized spacial score (nSPS) is 20.0. The largest absolute Gasteiger partial charge is 0.453 e. The minimum Gasteiger partial charge on any atom is -0.453 e. The summed E-state index contributed by atoms with van der Waals surface area (Å²) < 4.78 is 24.8. The molecule has 0 spiro atoms. The van der Waals surface area contributed by atoms with Gasteiger partial charge in [0.15, 0.2) is 0 Å². The first-order chi connectivity index (χ1) is 19.7. The summed E-state index contributed by atoms with van der Waals surface area (Å²) in [6.07, 6.45) is 3.00. The van der Waals surface area contributed by atoms with Gasteiger partial charge in [0.2, 0.25) is 5.91 Å². The summed E-state index contributed by atoms with van der Waals surface area (Å²) in [6, 6.07) is 8.44. The number of allylic oxidation sites excluding steroid dienone is 1. The molecular formula is C28H26Cl2FN5O5. The van der Waals surface area contributed by atoms with Crippen LogP contribution in [0.2, 0.25) is 10.2 Å². The Bertz CT molecular complexity index is 1530. The van der Waals surface area contributed by atoms with E-state index in [0.717, 1.165) is 0 Å². The number of hydrogen-bond acceptors (Lipinski definition) is 6. The number of ether oxygens (including phenoxy) is 2. The lowest BCUT2D eigenvalue weighted by molar-refractivity contribution is -0.116. The van der Waals surface area contributed by atoms with Gasteiger partial charge in [0.05, 0.1) is 18.8 Å². The van der Waals surface area contributed by atoms with Gasteiger partial charge < -0.3 is 19.8 Å². The molecule has 1 saturated heterocycles. The molecular weight excluding hydrogens is 576 g/mol. The maximum atomic E-state index is 14.5. The minimum atomic E-state index is -0.782. The van der Waals surface area contributed by atoms with Gasteiger partial charge in [0.25, 0.3) is 0 Å². The molecule has 2 aliphatic heterocycles. The number of amides is 3. The van der Waals surface area contributed by atoms with E-state index in [4.69, 9.17) is 32.9 Å². The molecule has 1 fully saturated rings. The van der Waals surface area contributed by atoms with E-state index in [-0.39, 0.29) is 29.6 Å². The molecule has 0 saturated carbocycles. The molecule has 214 valence electrons. The lowest BCUT2D eigenvalue weighted by Gasteiger charge is -2.36. The van der Waals surface area contributed by atoms with Gasteiger partial charge in [-0.15, -0.1) is 0 Å². The van der Waals surface area contributed by atoms with E-state index in [1.807, 2.05) is 12.2 Å². The summed E-state index contributed by atoms with van der Waals surface area (Å²) in [5, 5.41) is 5.98. The Kier molecular flexibility index (Phi) is 8.46. The van der Waals surface area contributed by atoms with Crippen LogP contribution in [-0.2, 0) is 14.3 Å². The third kappa shape index (κ3) is 6.31. The SMILES string of the molecule is COC(=O)Nc1ccc2c(c1)NC(=O)CC/C=C/CC(N1CCC(c3cc(Cl)ccc3F)OC1=O)c1nc-2c(Cl)[nH]1. The average Bonchev–Trinajstić information content (AvgIpc) is 3.33. The maximum Gasteiger partial charge on any atom is 0.411 e. The Labute approximate surface area is 244 Å². The van der Waals surface area contributed by atoms with Crippen LogP contribution >= 0.6 is 23.2 Å². The number of rotatable bonds is 3. The first-order valence-electron chi connectivity index (χ1n) is 12.9. The topological polar surface area (TPSA) is 126 Å². The van der Waals surface area contributed by atoms with Crippen LogP contribution in [0.15, 0.2) is 48.6 Å². The standard InChI is InChI=1S/C28H26Cl2FN5O5/c1-40-27(38)32-16-8-9-17-20(14-16)33-23(37)6-4-2-3-5-21(26-34-24(17)25(30)35-26)36-12-11-22(41-28(36)39)18-13-15(29)7-10-19(18)31/h2-3,7-10,13-14,21-22H,4-6,11-12H2,1H3,(H,32,38)(H,33,37)(H,34,35)/b3-2+. The third-order valence-corrected chi connectivity index (χ3v) is 7.34. The molecule has 0 aliphatic carbocycles.